The topological polar surface area (TPSA) is 81.7 Å². The summed E-state index contributed by atoms with van der Waals surface area (Å²) < 4.78 is 16.7. The summed E-state index contributed by atoms with van der Waals surface area (Å²) in [4.78, 5) is 25.3. The number of furan rings is 1. The molecule has 1 N–H and O–H groups in total. The Morgan fingerprint density at radius 3 is 2.28 bits per heavy atom. The highest BCUT2D eigenvalue weighted by molar-refractivity contribution is 6.00. The summed E-state index contributed by atoms with van der Waals surface area (Å²) in [5.74, 6) is 1.43. The van der Waals surface area contributed by atoms with E-state index in [4.69, 9.17) is 13.6 Å². The van der Waals surface area contributed by atoms with Crippen molar-refractivity contribution in [1.29, 1.82) is 0 Å². The number of rotatable bonds is 6. The predicted octanol–water partition coefficient (Wildman–Crippen LogP) is 4.68. The molecule has 0 aliphatic rings. The van der Waals surface area contributed by atoms with E-state index >= 15 is 0 Å². The summed E-state index contributed by atoms with van der Waals surface area (Å²) in [5, 5.41) is 4.73. The van der Waals surface area contributed by atoms with Gasteiger partial charge in [0.05, 0.1) is 19.1 Å². The van der Waals surface area contributed by atoms with Gasteiger partial charge in [0.25, 0.3) is 0 Å². The van der Waals surface area contributed by atoms with E-state index in [9.17, 15) is 9.59 Å². The standard InChI is InChI=1S/C26H27NO5/c1-14-17(4)31-24-16(3)25-21(12-20(14)24)15(2)22(26(29)32-25)13-23(28)27-11-10-18-6-8-19(30-5)9-7-18/h6-9,12H,10-11,13H2,1-5H3,(H,27,28). The number of nitrogens with one attached hydrogen (secondary N) is 1. The zero-order valence-electron chi connectivity index (χ0n) is 19.0. The van der Waals surface area contributed by atoms with Crippen molar-refractivity contribution in [2.75, 3.05) is 13.7 Å². The average molecular weight is 434 g/mol. The number of hydrogen-bond donors (Lipinski definition) is 1. The van der Waals surface area contributed by atoms with Gasteiger partial charge in [-0.25, -0.2) is 4.79 Å². The van der Waals surface area contributed by atoms with Crippen LogP contribution in [0.2, 0.25) is 0 Å². The van der Waals surface area contributed by atoms with E-state index < -0.39 is 5.63 Å². The number of carbonyl (C=O) groups excluding carboxylic acids is 1. The van der Waals surface area contributed by atoms with Crippen molar-refractivity contribution in [3.8, 4) is 5.75 Å². The Kier molecular flexibility index (Phi) is 5.78. The van der Waals surface area contributed by atoms with Gasteiger partial charge in [-0.05, 0) is 69.0 Å². The van der Waals surface area contributed by atoms with E-state index in [2.05, 4.69) is 5.32 Å². The van der Waals surface area contributed by atoms with Crippen molar-refractivity contribution in [1.82, 2.24) is 5.32 Å². The number of carbonyl (C=O) groups is 1. The second kappa shape index (κ2) is 8.54. The van der Waals surface area contributed by atoms with Gasteiger partial charge in [-0.1, -0.05) is 12.1 Å². The number of hydrogen-bond acceptors (Lipinski definition) is 5. The first-order valence-electron chi connectivity index (χ1n) is 10.7. The number of aryl methyl sites for hydroxylation is 4. The molecule has 4 rings (SSSR count). The molecular weight excluding hydrogens is 406 g/mol. The molecule has 1 amide bonds. The van der Waals surface area contributed by atoms with Crippen LogP contribution in [0.1, 0.15) is 33.6 Å². The summed E-state index contributed by atoms with van der Waals surface area (Å²) in [6, 6.07) is 9.71. The largest absolute Gasteiger partial charge is 0.497 e. The van der Waals surface area contributed by atoms with Crippen LogP contribution in [0.25, 0.3) is 21.9 Å². The summed E-state index contributed by atoms with van der Waals surface area (Å²) >= 11 is 0. The zero-order valence-corrected chi connectivity index (χ0v) is 19.0. The molecule has 166 valence electrons. The second-order valence-corrected chi connectivity index (χ2v) is 8.16. The minimum atomic E-state index is -0.484. The molecule has 0 fully saturated rings. The molecular formula is C26H27NO5. The SMILES string of the molecule is COc1ccc(CCNC(=O)Cc2c(C)c3cc4c(C)c(C)oc4c(C)c3oc2=O)cc1. The molecule has 0 radical (unpaired) electrons. The van der Waals surface area contributed by atoms with E-state index in [0.29, 0.717) is 24.1 Å². The zero-order chi connectivity index (χ0) is 23.0. The predicted molar refractivity (Wildman–Crippen MR) is 125 cm³/mol. The number of fused-ring (bicyclic) bond motifs is 2. The van der Waals surface area contributed by atoms with Crippen molar-refractivity contribution in [2.45, 2.75) is 40.5 Å². The molecule has 6 heteroatoms. The molecule has 0 spiro atoms. The van der Waals surface area contributed by atoms with Gasteiger partial charge in [0.1, 0.15) is 22.7 Å². The van der Waals surface area contributed by atoms with E-state index in [1.54, 1.807) is 7.11 Å². The Bertz CT molecular complexity index is 1380. The third kappa shape index (κ3) is 3.88. The summed E-state index contributed by atoms with van der Waals surface area (Å²) in [7, 11) is 1.63. The third-order valence-corrected chi connectivity index (χ3v) is 6.18. The van der Waals surface area contributed by atoms with Gasteiger partial charge >= 0.3 is 5.63 Å². The number of benzene rings is 2. The van der Waals surface area contributed by atoms with E-state index in [0.717, 1.165) is 50.1 Å². The first-order chi connectivity index (χ1) is 15.3. The lowest BCUT2D eigenvalue weighted by molar-refractivity contribution is -0.120. The Balaban J connectivity index is 1.55. The van der Waals surface area contributed by atoms with E-state index in [1.807, 2.05) is 58.0 Å². The monoisotopic (exact) mass is 433 g/mol. The van der Waals surface area contributed by atoms with E-state index in [-0.39, 0.29) is 12.3 Å². The molecule has 4 aromatic rings. The fraction of sp³-hybridized carbons (Fsp3) is 0.308. The maximum Gasteiger partial charge on any atom is 0.340 e. The van der Waals surface area contributed by atoms with Crippen LogP contribution in [0.5, 0.6) is 5.75 Å². The molecule has 0 atom stereocenters. The van der Waals surface area contributed by atoms with Crippen molar-refractivity contribution >= 4 is 27.8 Å². The quantitative estimate of drug-likeness (QED) is 0.447. The minimum Gasteiger partial charge on any atom is -0.497 e. The Labute approximate surface area is 186 Å². The highest BCUT2D eigenvalue weighted by Crippen LogP contribution is 2.34. The molecule has 32 heavy (non-hydrogen) atoms. The highest BCUT2D eigenvalue weighted by Gasteiger charge is 2.20. The molecule has 0 bridgehead atoms. The summed E-state index contributed by atoms with van der Waals surface area (Å²) in [5.41, 5.74) is 4.87. The van der Waals surface area contributed by atoms with Crippen molar-refractivity contribution in [3.63, 3.8) is 0 Å². The Hall–Kier alpha value is -3.54. The molecule has 2 aromatic heterocycles. The van der Waals surface area contributed by atoms with Crippen LogP contribution in [0, 0.1) is 27.7 Å². The molecule has 2 aromatic carbocycles. The fourth-order valence-corrected chi connectivity index (χ4v) is 4.06. The smallest absolute Gasteiger partial charge is 0.340 e. The van der Waals surface area contributed by atoms with Crippen molar-refractivity contribution in [3.05, 3.63) is 74.3 Å². The normalized spacial score (nSPS) is 11.3. The van der Waals surface area contributed by atoms with Gasteiger partial charge in [-0.3, -0.25) is 4.79 Å². The van der Waals surface area contributed by atoms with Gasteiger partial charge in [-0.15, -0.1) is 0 Å². The van der Waals surface area contributed by atoms with Gasteiger partial charge < -0.3 is 18.9 Å². The number of methoxy groups -OCH3 is 1. The van der Waals surface area contributed by atoms with Crippen LogP contribution in [-0.4, -0.2) is 19.6 Å². The lowest BCUT2D eigenvalue weighted by Crippen LogP contribution is -2.29. The van der Waals surface area contributed by atoms with Crippen LogP contribution in [0.3, 0.4) is 0 Å². The summed E-state index contributed by atoms with van der Waals surface area (Å²) in [6.07, 6.45) is 0.671. The maximum absolute atomic E-state index is 12.7. The Morgan fingerprint density at radius 2 is 1.59 bits per heavy atom. The van der Waals surface area contributed by atoms with Crippen LogP contribution >= 0.6 is 0 Å². The molecule has 2 heterocycles. The van der Waals surface area contributed by atoms with Crippen LogP contribution in [0.4, 0.5) is 0 Å². The molecule has 0 saturated carbocycles. The maximum atomic E-state index is 12.7. The van der Waals surface area contributed by atoms with Crippen LogP contribution in [-0.2, 0) is 17.6 Å². The van der Waals surface area contributed by atoms with Gasteiger partial charge in [0.15, 0.2) is 0 Å². The van der Waals surface area contributed by atoms with Gasteiger partial charge in [-0.2, -0.15) is 0 Å². The second-order valence-electron chi connectivity index (χ2n) is 8.16. The van der Waals surface area contributed by atoms with Crippen LogP contribution < -0.4 is 15.7 Å². The number of amides is 1. The first-order valence-corrected chi connectivity index (χ1v) is 10.7. The molecule has 0 aliphatic carbocycles. The lowest BCUT2D eigenvalue weighted by Gasteiger charge is -2.10. The Morgan fingerprint density at radius 1 is 0.938 bits per heavy atom. The average Bonchev–Trinajstić information content (AvgIpc) is 3.07. The highest BCUT2D eigenvalue weighted by atomic mass is 16.5. The fourth-order valence-electron chi connectivity index (χ4n) is 4.06. The number of ether oxygens (including phenoxy) is 1. The first kappa shape index (κ1) is 21.7. The summed E-state index contributed by atoms with van der Waals surface area (Å²) in [6.45, 7) is 8.17. The molecule has 0 unspecified atom stereocenters. The van der Waals surface area contributed by atoms with Crippen molar-refractivity contribution in [2.24, 2.45) is 0 Å². The lowest BCUT2D eigenvalue weighted by atomic mass is 9.98. The van der Waals surface area contributed by atoms with Gasteiger partial charge in [0, 0.05) is 22.9 Å². The third-order valence-electron chi connectivity index (χ3n) is 6.18. The van der Waals surface area contributed by atoms with E-state index in [1.165, 1.54) is 0 Å². The van der Waals surface area contributed by atoms with Crippen molar-refractivity contribution < 1.29 is 18.4 Å². The molecule has 0 saturated heterocycles. The van der Waals surface area contributed by atoms with Crippen LogP contribution in [0.15, 0.2) is 44.0 Å². The molecule has 6 nitrogen and oxygen atoms in total. The van der Waals surface area contributed by atoms with Gasteiger partial charge in [0.2, 0.25) is 5.91 Å². The molecule has 0 aliphatic heterocycles. The minimum absolute atomic E-state index is 0.0206.